The van der Waals surface area contributed by atoms with E-state index >= 15 is 0 Å². The topological polar surface area (TPSA) is 62.4 Å². The van der Waals surface area contributed by atoms with Crippen LogP contribution in [0.5, 0.6) is 0 Å². The predicted molar refractivity (Wildman–Crippen MR) is 84.5 cm³/mol. The van der Waals surface area contributed by atoms with Crippen molar-refractivity contribution in [3.05, 3.63) is 29.8 Å². The lowest BCUT2D eigenvalue weighted by Gasteiger charge is -2.22. The summed E-state index contributed by atoms with van der Waals surface area (Å²) < 4.78 is 5.31. The van der Waals surface area contributed by atoms with Crippen LogP contribution in [0.15, 0.2) is 24.3 Å². The third-order valence-corrected chi connectivity index (χ3v) is 3.99. The van der Waals surface area contributed by atoms with Gasteiger partial charge in [0.25, 0.3) is 0 Å². The minimum Gasteiger partial charge on any atom is -0.381 e. The summed E-state index contributed by atoms with van der Waals surface area (Å²) >= 11 is 0. The minimum atomic E-state index is -0.143. The highest BCUT2D eigenvalue weighted by molar-refractivity contribution is 5.89. The summed E-state index contributed by atoms with van der Waals surface area (Å²) in [7, 11) is 1.93. The van der Waals surface area contributed by atoms with Crippen LogP contribution in [0.25, 0.3) is 0 Å². The molecule has 1 aromatic rings. The smallest absolute Gasteiger partial charge is 0.319 e. The second kappa shape index (κ2) is 8.00. The lowest BCUT2D eigenvalue weighted by Crippen LogP contribution is -2.35. The van der Waals surface area contributed by atoms with Crippen LogP contribution < -0.4 is 16.0 Å². The molecule has 116 valence electrons. The zero-order valence-corrected chi connectivity index (χ0v) is 12.8. The van der Waals surface area contributed by atoms with E-state index in [0.717, 1.165) is 31.7 Å². The second-order valence-electron chi connectivity index (χ2n) is 5.52. The molecule has 0 aliphatic carbocycles. The van der Waals surface area contributed by atoms with Crippen molar-refractivity contribution in [3.8, 4) is 0 Å². The van der Waals surface area contributed by atoms with Crippen LogP contribution in [0.2, 0.25) is 0 Å². The van der Waals surface area contributed by atoms with Gasteiger partial charge < -0.3 is 20.7 Å². The van der Waals surface area contributed by atoms with Gasteiger partial charge in [-0.3, -0.25) is 0 Å². The number of rotatable bonds is 5. The molecule has 21 heavy (non-hydrogen) atoms. The van der Waals surface area contributed by atoms with Gasteiger partial charge in [-0.2, -0.15) is 0 Å². The highest BCUT2D eigenvalue weighted by Gasteiger charge is 2.14. The van der Waals surface area contributed by atoms with E-state index in [1.54, 1.807) is 0 Å². The Balaban J connectivity index is 1.76. The van der Waals surface area contributed by atoms with Crippen LogP contribution in [0, 0.1) is 5.92 Å². The van der Waals surface area contributed by atoms with E-state index in [0.29, 0.717) is 18.5 Å². The molecule has 1 heterocycles. The van der Waals surface area contributed by atoms with Gasteiger partial charge in [-0.05, 0) is 50.4 Å². The number of anilines is 1. The summed E-state index contributed by atoms with van der Waals surface area (Å²) in [5, 5.41) is 8.98. The van der Waals surface area contributed by atoms with E-state index < -0.39 is 0 Å². The summed E-state index contributed by atoms with van der Waals surface area (Å²) in [6, 6.07) is 8.07. The lowest BCUT2D eigenvalue weighted by atomic mass is 10.0. The summed E-state index contributed by atoms with van der Waals surface area (Å²) in [4.78, 5) is 11.9. The van der Waals surface area contributed by atoms with E-state index in [1.807, 2.05) is 31.3 Å². The number of nitrogens with one attached hydrogen (secondary N) is 3. The average Bonchev–Trinajstić information content (AvgIpc) is 2.54. The monoisotopic (exact) mass is 291 g/mol. The fourth-order valence-electron chi connectivity index (χ4n) is 2.38. The van der Waals surface area contributed by atoms with Crippen molar-refractivity contribution in [1.82, 2.24) is 10.6 Å². The molecule has 1 aromatic carbocycles. The normalized spacial score (nSPS) is 17.2. The number of carbonyl (C=O) groups is 1. The molecule has 5 nitrogen and oxygen atoms in total. The van der Waals surface area contributed by atoms with Crippen LogP contribution in [0.1, 0.15) is 31.4 Å². The zero-order valence-electron chi connectivity index (χ0n) is 12.8. The molecule has 0 saturated carbocycles. The van der Waals surface area contributed by atoms with Crippen LogP contribution in [-0.2, 0) is 4.74 Å². The summed E-state index contributed by atoms with van der Waals surface area (Å²) in [6.07, 6.45) is 2.05. The van der Waals surface area contributed by atoms with E-state index in [2.05, 4.69) is 22.9 Å². The maximum atomic E-state index is 11.9. The highest BCUT2D eigenvalue weighted by Crippen LogP contribution is 2.16. The molecule has 0 radical (unpaired) electrons. The average molecular weight is 291 g/mol. The van der Waals surface area contributed by atoms with Crippen molar-refractivity contribution < 1.29 is 9.53 Å². The molecule has 1 fully saturated rings. The first-order valence-corrected chi connectivity index (χ1v) is 7.59. The van der Waals surface area contributed by atoms with E-state index in [9.17, 15) is 4.79 Å². The van der Waals surface area contributed by atoms with Gasteiger partial charge in [-0.25, -0.2) is 4.79 Å². The molecule has 3 N–H and O–H groups in total. The zero-order chi connectivity index (χ0) is 15.1. The van der Waals surface area contributed by atoms with E-state index in [4.69, 9.17) is 4.74 Å². The van der Waals surface area contributed by atoms with Crippen molar-refractivity contribution in [2.24, 2.45) is 5.92 Å². The first kappa shape index (κ1) is 15.8. The third-order valence-electron chi connectivity index (χ3n) is 3.99. The van der Waals surface area contributed by atoms with Crippen molar-refractivity contribution in [3.63, 3.8) is 0 Å². The Bertz CT molecular complexity index is 441. The lowest BCUT2D eigenvalue weighted by molar-refractivity contribution is 0.0671. The summed E-state index contributed by atoms with van der Waals surface area (Å²) in [5.74, 6) is 0.531. The number of benzene rings is 1. The number of hydrogen-bond donors (Lipinski definition) is 3. The van der Waals surface area contributed by atoms with Gasteiger partial charge in [0, 0.05) is 31.5 Å². The molecule has 1 unspecified atom stereocenters. The molecule has 0 aromatic heterocycles. The molecule has 0 bridgehead atoms. The van der Waals surface area contributed by atoms with Gasteiger partial charge in [-0.15, -0.1) is 0 Å². The number of ether oxygens (including phenoxy) is 1. The Morgan fingerprint density at radius 1 is 1.29 bits per heavy atom. The fraction of sp³-hybridized carbons (Fsp3) is 0.562. The molecule has 1 aliphatic heterocycles. The molecule has 1 saturated heterocycles. The second-order valence-corrected chi connectivity index (χ2v) is 5.52. The van der Waals surface area contributed by atoms with Gasteiger partial charge >= 0.3 is 6.03 Å². The third kappa shape index (κ3) is 5.02. The van der Waals surface area contributed by atoms with Gasteiger partial charge in [0.2, 0.25) is 0 Å². The largest absolute Gasteiger partial charge is 0.381 e. The fourth-order valence-corrected chi connectivity index (χ4v) is 2.38. The van der Waals surface area contributed by atoms with Gasteiger partial charge in [0.05, 0.1) is 0 Å². The Hall–Kier alpha value is -1.59. The van der Waals surface area contributed by atoms with Gasteiger partial charge in [0.1, 0.15) is 0 Å². The van der Waals surface area contributed by atoms with Crippen molar-refractivity contribution >= 4 is 11.7 Å². The first-order valence-electron chi connectivity index (χ1n) is 7.59. The highest BCUT2D eigenvalue weighted by atomic mass is 16.5. The molecule has 5 heteroatoms. The Morgan fingerprint density at radius 3 is 2.57 bits per heavy atom. The molecule has 1 aliphatic rings. The Kier molecular flexibility index (Phi) is 6.02. The van der Waals surface area contributed by atoms with Crippen LogP contribution in [0.3, 0.4) is 0 Å². The van der Waals surface area contributed by atoms with E-state index in [1.165, 1.54) is 5.56 Å². The molecule has 0 spiro atoms. The Labute approximate surface area is 126 Å². The van der Waals surface area contributed by atoms with Crippen molar-refractivity contribution in [1.29, 1.82) is 0 Å². The quantitative estimate of drug-likeness (QED) is 0.781. The number of urea groups is 1. The molecular weight excluding hydrogens is 266 g/mol. The van der Waals surface area contributed by atoms with Gasteiger partial charge in [-0.1, -0.05) is 12.1 Å². The first-order chi connectivity index (χ1) is 10.2. The predicted octanol–water partition coefficient (Wildman–Crippen LogP) is 2.52. The van der Waals surface area contributed by atoms with E-state index in [-0.39, 0.29) is 6.03 Å². The standard InChI is InChI=1S/C16H25N3O2/c1-12(17-2)14-3-5-15(6-4-14)19-16(20)18-11-13-7-9-21-10-8-13/h3-6,12-13,17H,7-11H2,1-2H3,(H2,18,19,20). The van der Waals surface area contributed by atoms with Crippen molar-refractivity contribution in [2.45, 2.75) is 25.8 Å². The Morgan fingerprint density at radius 2 is 1.95 bits per heavy atom. The van der Waals surface area contributed by atoms with Crippen LogP contribution in [-0.4, -0.2) is 32.8 Å². The number of hydrogen-bond acceptors (Lipinski definition) is 3. The SMILES string of the molecule is CNC(C)c1ccc(NC(=O)NCC2CCOCC2)cc1. The molecule has 2 amide bonds. The molecule has 2 rings (SSSR count). The maximum Gasteiger partial charge on any atom is 0.319 e. The summed E-state index contributed by atoms with van der Waals surface area (Å²) in [6.45, 7) is 4.42. The van der Waals surface area contributed by atoms with Crippen LogP contribution >= 0.6 is 0 Å². The maximum absolute atomic E-state index is 11.9. The van der Waals surface area contributed by atoms with Crippen LogP contribution in [0.4, 0.5) is 10.5 Å². The van der Waals surface area contributed by atoms with Gasteiger partial charge in [0.15, 0.2) is 0 Å². The summed E-state index contributed by atoms with van der Waals surface area (Å²) in [5.41, 5.74) is 2.01. The minimum absolute atomic E-state index is 0.143. The number of carbonyl (C=O) groups excluding carboxylic acids is 1. The van der Waals surface area contributed by atoms with Crippen molar-refractivity contribution in [2.75, 3.05) is 32.1 Å². The number of amides is 2. The molecule has 1 atom stereocenters. The molecular formula is C16H25N3O2.